The van der Waals surface area contributed by atoms with Gasteiger partial charge >= 0.3 is 0 Å². The highest BCUT2D eigenvalue weighted by molar-refractivity contribution is 6.37. The first-order valence-electron chi connectivity index (χ1n) is 9.58. The van der Waals surface area contributed by atoms with Crippen LogP contribution in [-0.4, -0.2) is 22.9 Å². The molecule has 2 aromatic rings. The topological polar surface area (TPSA) is 29.9 Å². The third-order valence-corrected chi connectivity index (χ3v) is 6.82. The molecule has 1 N–H and O–H groups in total. The molecular formula is C21H23Cl2N3. The largest absolute Gasteiger partial charge is 0.317 e. The summed E-state index contributed by atoms with van der Waals surface area (Å²) in [7, 11) is 0. The molecule has 2 saturated carbocycles. The fourth-order valence-corrected chi connectivity index (χ4v) is 5.17. The van der Waals surface area contributed by atoms with Gasteiger partial charge in [-0.15, -0.1) is 0 Å². The molecular weight excluding hydrogens is 365 g/mol. The zero-order valence-corrected chi connectivity index (χ0v) is 16.3. The highest BCUT2D eigenvalue weighted by atomic mass is 35.5. The number of piperidine rings is 1. The van der Waals surface area contributed by atoms with Gasteiger partial charge in [-0.3, -0.25) is 0 Å². The summed E-state index contributed by atoms with van der Waals surface area (Å²) in [6.07, 6.45) is 11.9. The van der Waals surface area contributed by atoms with Gasteiger partial charge in [-0.05, 0) is 81.2 Å². The summed E-state index contributed by atoms with van der Waals surface area (Å²) < 4.78 is 1.96. The Kier molecular flexibility index (Phi) is 4.15. The second kappa shape index (κ2) is 6.40. The van der Waals surface area contributed by atoms with E-state index in [0.29, 0.717) is 21.4 Å². The van der Waals surface area contributed by atoms with Gasteiger partial charge in [0.25, 0.3) is 0 Å². The summed E-state index contributed by atoms with van der Waals surface area (Å²) in [6.45, 7) is 2.32. The first kappa shape index (κ1) is 16.9. The molecule has 0 amide bonds. The maximum absolute atomic E-state index is 6.47. The molecule has 5 rings (SSSR count). The van der Waals surface area contributed by atoms with Crippen molar-refractivity contribution in [1.82, 2.24) is 15.1 Å². The summed E-state index contributed by atoms with van der Waals surface area (Å²) in [4.78, 5) is 0. The van der Waals surface area contributed by atoms with Gasteiger partial charge in [-0.1, -0.05) is 34.8 Å². The maximum atomic E-state index is 6.47. The highest BCUT2D eigenvalue weighted by Gasteiger charge is 2.41. The molecule has 1 aromatic heterocycles. The van der Waals surface area contributed by atoms with E-state index in [9.17, 15) is 0 Å². The van der Waals surface area contributed by atoms with E-state index in [2.05, 4.69) is 16.5 Å². The van der Waals surface area contributed by atoms with Crippen LogP contribution in [0.3, 0.4) is 0 Å². The average molecular weight is 388 g/mol. The summed E-state index contributed by atoms with van der Waals surface area (Å²) >= 11 is 12.9. The molecule has 2 heterocycles. The molecule has 136 valence electrons. The Morgan fingerprint density at radius 3 is 2.46 bits per heavy atom. The number of aromatic nitrogens is 2. The van der Waals surface area contributed by atoms with E-state index in [4.69, 9.17) is 23.2 Å². The summed E-state index contributed by atoms with van der Waals surface area (Å²) in [5, 5.41) is 9.45. The van der Waals surface area contributed by atoms with E-state index < -0.39 is 0 Å². The smallest absolute Gasteiger partial charge is 0.102 e. The summed E-state index contributed by atoms with van der Waals surface area (Å²) in [5.74, 6) is 0.643. The molecule has 0 bridgehead atoms. The van der Waals surface area contributed by atoms with Gasteiger partial charge in [0, 0.05) is 5.56 Å². The molecule has 1 spiro atoms. The van der Waals surface area contributed by atoms with Gasteiger partial charge in [-0.25, -0.2) is 4.68 Å². The SMILES string of the molecule is Clc1cccc(Cl)c1-n1ncc(C2CC2)c1C=C1CC2(CCNCC2)C1. The first-order valence-corrected chi connectivity index (χ1v) is 10.3. The van der Waals surface area contributed by atoms with E-state index in [1.165, 1.54) is 49.8 Å². The quantitative estimate of drug-likeness (QED) is 0.741. The van der Waals surface area contributed by atoms with Crippen molar-refractivity contribution in [2.75, 3.05) is 13.1 Å². The van der Waals surface area contributed by atoms with Gasteiger partial charge in [0.1, 0.15) is 5.69 Å². The van der Waals surface area contributed by atoms with Gasteiger partial charge in [-0.2, -0.15) is 5.10 Å². The van der Waals surface area contributed by atoms with Gasteiger partial charge in [0.15, 0.2) is 0 Å². The Bertz CT molecular complexity index is 843. The molecule has 0 radical (unpaired) electrons. The number of nitrogens with one attached hydrogen (secondary N) is 1. The lowest BCUT2D eigenvalue weighted by Gasteiger charge is -2.47. The third kappa shape index (κ3) is 2.90. The van der Waals surface area contributed by atoms with E-state index >= 15 is 0 Å². The van der Waals surface area contributed by atoms with Crippen LogP contribution < -0.4 is 5.32 Å². The van der Waals surface area contributed by atoms with Crippen LogP contribution in [0.2, 0.25) is 10.0 Å². The van der Waals surface area contributed by atoms with Crippen molar-refractivity contribution in [2.45, 2.75) is 44.4 Å². The van der Waals surface area contributed by atoms with E-state index in [1.807, 2.05) is 29.1 Å². The number of nitrogens with zero attached hydrogens (tertiary/aromatic N) is 2. The molecule has 1 saturated heterocycles. The van der Waals surface area contributed by atoms with E-state index in [1.54, 1.807) is 5.57 Å². The Hall–Kier alpha value is -1.29. The Morgan fingerprint density at radius 1 is 1.12 bits per heavy atom. The van der Waals surface area contributed by atoms with Crippen LogP contribution in [0.25, 0.3) is 11.8 Å². The fraction of sp³-hybridized carbons (Fsp3) is 0.476. The highest BCUT2D eigenvalue weighted by Crippen LogP contribution is 2.52. The molecule has 3 nitrogen and oxygen atoms in total. The van der Waals surface area contributed by atoms with Crippen LogP contribution in [0, 0.1) is 5.41 Å². The molecule has 0 unspecified atom stereocenters. The Balaban J connectivity index is 1.52. The molecule has 5 heteroatoms. The predicted molar refractivity (Wildman–Crippen MR) is 107 cm³/mol. The number of halogens is 2. The number of hydrogen-bond donors (Lipinski definition) is 1. The predicted octanol–water partition coefficient (Wildman–Crippen LogP) is 5.60. The zero-order chi connectivity index (χ0) is 17.7. The van der Waals surface area contributed by atoms with Crippen LogP contribution in [0.5, 0.6) is 0 Å². The number of benzene rings is 1. The lowest BCUT2D eigenvalue weighted by molar-refractivity contribution is 0.143. The van der Waals surface area contributed by atoms with Crippen LogP contribution >= 0.6 is 23.2 Å². The van der Waals surface area contributed by atoms with Gasteiger partial charge in [0.05, 0.1) is 21.9 Å². The zero-order valence-electron chi connectivity index (χ0n) is 14.8. The normalized spacial score (nSPS) is 21.7. The van der Waals surface area contributed by atoms with Crippen molar-refractivity contribution in [1.29, 1.82) is 0 Å². The van der Waals surface area contributed by atoms with Crippen LogP contribution in [0.1, 0.15) is 55.7 Å². The summed E-state index contributed by atoms with van der Waals surface area (Å²) in [6, 6.07) is 5.64. The van der Waals surface area contributed by atoms with Crippen LogP contribution in [0.4, 0.5) is 0 Å². The second-order valence-electron chi connectivity index (χ2n) is 8.15. The minimum atomic E-state index is 0.545. The van der Waals surface area contributed by atoms with Crippen LogP contribution in [-0.2, 0) is 0 Å². The lowest BCUT2D eigenvalue weighted by atomic mass is 9.60. The van der Waals surface area contributed by atoms with Crippen molar-refractivity contribution in [3.8, 4) is 5.69 Å². The molecule has 3 fully saturated rings. The number of para-hydroxylation sites is 1. The molecule has 2 aliphatic carbocycles. The fourth-order valence-electron chi connectivity index (χ4n) is 4.61. The molecule has 1 aromatic carbocycles. The second-order valence-corrected chi connectivity index (χ2v) is 8.96. The summed E-state index contributed by atoms with van der Waals surface area (Å²) in [5.41, 5.74) is 5.41. The first-order chi connectivity index (χ1) is 12.7. The van der Waals surface area contributed by atoms with Crippen molar-refractivity contribution in [2.24, 2.45) is 5.41 Å². The number of hydrogen-bond acceptors (Lipinski definition) is 2. The molecule has 0 atom stereocenters. The van der Waals surface area contributed by atoms with Crippen molar-refractivity contribution >= 4 is 29.3 Å². The van der Waals surface area contributed by atoms with Gasteiger partial charge < -0.3 is 5.32 Å². The Morgan fingerprint density at radius 2 is 1.81 bits per heavy atom. The van der Waals surface area contributed by atoms with Gasteiger partial charge in [0.2, 0.25) is 0 Å². The lowest BCUT2D eigenvalue weighted by Crippen LogP contribution is -2.42. The van der Waals surface area contributed by atoms with E-state index in [-0.39, 0.29) is 0 Å². The van der Waals surface area contributed by atoms with Crippen molar-refractivity contribution in [3.63, 3.8) is 0 Å². The number of rotatable bonds is 3. The number of allylic oxidation sites excluding steroid dienone is 1. The van der Waals surface area contributed by atoms with Crippen molar-refractivity contribution < 1.29 is 0 Å². The Labute approximate surface area is 164 Å². The van der Waals surface area contributed by atoms with Crippen LogP contribution in [0.15, 0.2) is 30.0 Å². The molecule has 26 heavy (non-hydrogen) atoms. The average Bonchev–Trinajstić information content (AvgIpc) is 3.37. The standard InChI is InChI=1S/C21H23Cl2N3/c22-17-2-1-3-18(23)20(17)26-19(16(13-25-26)15-4-5-15)10-14-11-21(12-14)6-8-24-9-7-21/h1-3,10,13,15,24H,4-9,11-12H2. The monoisotopic (exact) mass is 387 g/mol. The van der Waals surface area contributed by atoms with E-state index in [0.717, 1.165) is 18.8 Å². The molecule has 3 aliphatic rings. The minimum absolute atomic E-state index is 0.545. The minimum Gasteiger partial charge on any atom is -0.317 e. The third-order valence-electron chi connectivity index (χ3n) is 6.21. The van der Waals surface area contributed by atoms with Crippen molar-refractivity contribution in [3.05, 3.63) is 51.3 Å². The maximum Gasteiger partial charge on any atom is 0.102 e. The molecule has 1 aliphatic heterocycles.